The average molecular weight is 1060 g/mol. The van der Waals surface area contributed by atoms with Gasteiger partial charge in [-0.05, 0) is 109 Å². The van der Waals surface area contributed by atoms with Crippen LogP contribution in [0.2, 0.25) is 0 Å². The van der Waals surface area contributed by atoms with Crippen molar-refractivity contribution in [2.45, 2.75) is 229 Å². The summed E-state index contributed by atoms with van der Waals surface area (Å²) >= 11 is 0. The van der Waals surface area contributed by atoms with Gasteiger partial charge in [-0.15, -0.1) is 0 Å². The third-order valence-electron chi connectivity index (χ3n) is 20.7. The zero-order valence-electron chi connectivity index (χ0n) is 43.4. The fraction of sp³-hybridized carbons (Fsp3) is 0.923. The van der Waals surface area contributed by atoms with Gasteiger partial charge in [-0.2, -0.15) is 0 Å². The summed E-state index contributed by atoms with van der Waals surface area (Å²) in [7, 11) is 0. The second-order valence-electron chi connectivity index (χ2n) is 25.3. The SMILES string of the molecule is CC1(C)CCC2(C(=O)OC3OC(CO)C(O)C(O)C3O)CCC3(C)C(=CCC4C5(C)CCC(OC6OC(C(=O)O)C(OC7OC(CO)C(O)C7OC7OC(CO)C(O)C7O)C(O)C6O)C(C)(C)C5CCC43C)C2C1. The molecular weight excluding hydrogens is 977 g/mol. The number of fused-ring (bicyclic) bond motifs is 7. The van der Waals surface area contributed by atoms with Crippen LogP contribution in [0.25, 0.3) is 0 Å². The minimum atomic E-state index is -1.95. The minimum absolute atomic E-state index is 0.0886. The number of rotatable bonds is 12. The van der Waals surface area contributed by atoms with Crippen molar-refractivity contribution in [3.63, 3.8) is 0 Å². The van der Waals surface area contributed by atoms with Gasteiger partial charge >= 0.3 is 11.9 Å². The van der Waals surface area contributed by atoms with E-state index >= 15 is 0 Å². The monoisotopic (exact) mass is 1060 g/mol. The Bertz CT molecular complexity index is 2090. The first kappa shape index (κ1) is 56.7. The van der Waals surface area contributed by atoms with Crippen molar-refractivity contribution in [1.29, 1.82) is 0 Å². The lowest BCUT2D eigenvalue weighted by Crippen LogP contribution is -2.66. The first-order chi connectivity index (χ1) is 34.6. The van der Waals surface area contributed by atoms with E-state index in [1.54, 1.807) is 0 Å². The van der Waals surface area contributed by atoms with Gasteiger partial charge in [0.15, 0.2) is 25.0 Å². The Kier molecular flexibility index (Phi) is 15.5. The van der Waals surface area contributed by atoms with E-state index in [1.807, 2.05) is 0 Å². The van der Waals surface area contributed by atoms with Crippen molar-refractivity contribution in [2.24, 2.45) is 50.2 Å². The third-order valence-corrected chi connectivity index (χ3v) is 20.7. The van der Waals surface area contributed by atoms with Gasteiger partial charge < -0.3 is 99.2 Å². The first-order valence-electron chi connectivity index (χ1n) is 26.6. The Balaban J connectivity index is 0.911. The quantitative estimate of drug-likeness (QED) is 0.0655. The second-order valence-corrected chi connectivity index (χ2v) is 25.3. The van der Waals surface area contributed by atoms with Crippen molar-refractivity contribution in [2.75, 3.05) is 19.8 Å². The Labute approximate surface area is 430 Å². The van der Waals surface area contributed by atoms with Crippen LogP contribution in [0.15, 0.2) is 11.6 Å². The van der Waals surface area contributed by atoms with E-state index in [9.17, 15) is 70.9 Å². The van der Waals surface area contributed by atoms with Crippen molar-refractivity contribution in [1.82, 2.24) is 0 Å². The Hall–Kier alpha value is -2.04. The van der Waals surface area contributed by atoms with Gasteiger partial charge in [-0.1, -0.05) is 60.1 Å². The van der Waals surface area contributed by atoms with Gasteiger partial charge in [0.05, 0.1) is 31.3 Å². The van der Waals surface area contributed by atoms with Crippen LogP contribution in [0, 0.1) is 50.2 Å². The molecule has 26 unspecified atom stereocenters. The molecule has 4 saturated heterocycles. The summed E-state index contributed by atoms with van der Waals surface area (Å²) in [5.41, 5.74) is -1.05. The molecule has 0 spiro atoms. The molecule has 0 aromatic carbocycles. The summed E-state index contributed by atoms with van der Waals surface area (Å²) in [6, 6.07) is 0. The molecule has 0 bridgehead atoms. The summed E-state index contributed by atoms with van der Waals surface area (Å²) in [5, 5.41) is 127. The Morgan fingerprint density at radius 2 is 1.14 bits per heavy atom. The fourth-order valence-electron chi connectivity index (χ4n) is 16.1. The highest BCUT2D eigenvalue weighted by Gasteiger charge is 2.70. The normalized spacial score (nSPS) is 52.7. The highest BCUT2D eigenvalue weighted by Crippen LogP contribution is 2.76. The van der Waals surface area contributed by atoms with Crippen LogP contribution in [-0.4, -0.2) is 210 Å². The van der Waals surface area contributed by atoms with Gasteiger partial charge in [-0.25, -0.2) is 4.79 Å². The number of carbonyl (C=O) groups excluding carboxylic acids is 1. The molecule has 26 atom stereocenters. The summed E-state index contributed by atoms with van der Waals surface area (Å²) in [6.07, 6.45) is -20.5. The molecular formula is C52H82O22. The lowest BCUT2D eigenvalue weighted by Gasteiger charge is -2.71. The van der Waals surface area contributed by atoms with E-state index in [2.05, 4.69) is 54.5 Å². The number of aliphatic carboxylic acids is 1. The average Bonchev–Trinajstić information content (AvgIpc) is 3.80. The largest absolute Gasteiger partial charge is 0.479 e. The number of aliphatic hydroxyl groups excluding tert-OH is 11. The maximum absolute atomic E-state index is 14.7. The molecule has 0 amide bonds. The van der Waals surface area contributed by atoms with Crippen LogP contribution in [0.3, 0.4) is 0 Å². The molecule has 74 heavy (non-hydrogen) atoms. The van der Waals surface area contributed by atoms with E-state index in [1.165, 1.54) is 5.57 Å². The van der Waals surface area contributed by atoms with Crippen molar-refractivity contribution >= 4 is 11.9 Å². The van der Waals surface area contributed by atoms with Crippen LogP contribution in [0.4, 0.5) is 0 Å². The van der Waals surface area contributed by atoms with Crippen molar-refractivity contribution in [3.05, 3.63) is 11.6 Å². The molecule has 422 valence electrons. The van der Waals surface area contributed by atoms with Crippen LogP contribution in [0.5, 0.6) is 0 Å². The summed E-state index contributed by atoms with van der Waals surface area (Å²) < 4.78 is 46.9. The first-order valence-corrected chi connectivity index (χ1v) is 26.6. The van der Waals surface area contributed by atoms with E-state index < -0.39 is 159 Å². The number of hydrogen-bond donors (Lipinski definition) is 12. The fourth-order valence-corrected chi connectivity index (χ4v) is 16.1. The molecule has 8 fully saturated rings. The molecule has 0 radical (unpaired) electrons. The predicted molar refractivity (Wildman–Crippen MR) is 251 cm³/mol. The smallest absolute Gasteiger partial charge is 0.335 e. The van der Waals surface area contributed by atoms with E-state index in [4.69, 9.17) is 37.9 Å². The Morgan fingerprint density at radius 3 is 1.78 bits per heavy atom. The topological polar surface area (TPSA) is 351 Å². The maximum Gasteiger partial charge on any atom is 0.335 e. The van der Waals surface area contributed by atoms with Crippen LogP contribution in [0.1, 0.15) is 113 Å². The summed E-state index contributed by atoms with van der Waals surface area (Å²) in [5.74, 6) is -1.97. The summed E-state index contributed by atoms with van der Waals surface area (Å²) in [6.45, 7) is 13.8. The minimum Gasteiger partial charge on any atom is -0.479 e. The van der Waals surface area contributed by atoms with Crippen LogP contribution < -0.4 is 0 Å². The molecule has 5 aliphatic carbocycles. The van der Waals surface area contributed by atoms with Gasteiger partial charge in [0.2, 0.25) is 6.29 Å². The number of carbonyl (C=O) groups is 2. The van der Waals surface area contributed by atoms with Crippen LogP contribution >= 0.6 is 0 Å². The van der Waals surface area contributed by atoms with Crippen molar-refractivity contribution < 1.29 is 109 Å². The molecule has 4 saturated carbocycles. The molecule has 9 aliphatic rings. The van der Waals surface area contributed by atoms with Gasteiger partial charge in [-0.3, -0.25) is 4.79 Å². The van der Waals surface area contributed by atoms with E-state index in [0.717, 1.165) is 38.5 Å². The molecule has 0 aromatic rings. The molecule has 4 aliphatic heterocycles. The summed E-state index contributed by atoms with van der Waals surface area (Å²) in [4.78, 5) is 27.6. The molecule has 4 heterocycles. The molecule has 9 rings (SSSR count). The zero-order valence-corrected chi connectivity index (χ0v) is 43.4. The molecule has 12 N–H and O–H groups in total. The zero-order chi connectivity index (χ0) is 54.0. The number of esters is 1. The number of ether oxygens (including phenoxy) is 8. The van der Waals surface area contributed by atoms with Crippen LogP contribution in [-0.2, 0) is 47.5 Å². The Morgan fingerprint density at radius 1 is 0.581 bits per heavy atom. The number of carboxylic acids is 1. The van der Waals surface area contributed by atoms with Gasteiger partial charge in [0.25, 0.3) is 0 Å². The molecule has 0 aromatic heterocycles. The number of hydrogen-bond acceptors (Lipinski definition) is 21. The molecule has 22 nitrogen and oxygen atoms in total. The van der Waals surface area contributed by atoms with Gasteiger partial charge in [0.1, 0.15) is 79.4 Å². The lowest BCUT2D eigenvalue weighted by atomic mass is 9.33. The van der Waals surface area contributed by atoms with E-state index in [-0.39, 0.29) is 39.4 Å². The number of carboxylic acid groups (broad SMARTS) is 1. The second kappa shape index (κ2) is 20.3. The number of aliphatic hydroxyl groups is 11. The van der Waals surface area contributed by atoms with Crippen molar-refractivity contribution in [3.8, 4) is 0 Å². The maximum atomic E-state index is 14.7. The highest BCUT2D eigenvalue weighted by molar-refractivity contribution is 5.79. The number of allylic oxidation sites excluding steroid dienone is 2. The third kappa shape index (κ3) is 8.94. The van der Waals surface area contributed by atoms with E-state index in [0.29, 0.717) is 25.7 Å². The predicted octanol–water partition coefficient (Wildman–Crippen LogP) is -0.665. The lowest BCUT2D eigenvalue weighted by molar-refractivity contribution is -0.345. The molecule has 22 heteroatoms. The highest BCUT2D eigenvalue weighted by atomic mass is 16.8. The van der Waals surface area contributed by atoms with Gasteiger partial charge in [0, 0.05) is 0 Å². The standard InChI is InChI=1S/C52H82O22/c1-47(2)14-16-52(46(66)74-43-36(62)33(59)30(56)24(19-53)68-43)17-15-50(6)22(23(52)18-47)8-9-28-49(5)12-11-29(48(3,4)27(49)10-13-51(28,50)7)70-44-37(63)34(60)38(40(73-44)41(64)65)71-45-39(32(58)26(21-55)69-45)72-42-35(61)31(57)25(20-54)67-42/h8,23-40,42-45,53-63H,9-21H2,1-7H3,(H,64,65).